The quantitative estimate of drug-likeness (QED) is 0.535. The predicted molar refractivity (Wildman–Crippen MR) is 127 cm³/mol. The van der Waals surface area contributed by atoms with Crippen LogP contribution in [0.4, 0.5) is 4.39 Å². The van der Waals surface area contributed by atoms with Gasteiger partial charge in [-0.25, -0.2) is 14.2 Å². The molecule has 0 aliphatic carbocycles. The van der Waals surface area contributed by atoms with E-state index in [1.165, 1.54) is 33.6 Å². The molecule has 1 aromatic heterocycles. The maximum atomic E-state index is 13.6. The fourth-order valence-corrected chi connectivity index (χ4v) is 4.93. The van der Waals surface area contributed by atoms with Crippen molar-refractivity contribution in [3.05, 3.63) is 102 Å². The molecule has 0 radical (unpaired) electrons. The van der Waals surface area contributed by atoms with Crippen LogP contribution in [0.2, 0.25) is 0 Å². The molecule has 0 bridgehead atoms. The van der Waals surface area contributed by atoms with E-state index in [-0.39, 0.29) is 17.7 Å². The summed E-state index contributed by atoms with van der Waals surface area (Å²) in [6.45, 7) is 7.91. The number of rotatable bonds is 5. The number of nitrogens with zero attached hydrogens (tertiary/aromatic N) is 2. The van der Waals surface area contributed by atoms with Crippen LogP contribution in [0, 0.1) is 5.82 Å². The zero-order valence-electron chi connectivity index (χ0n) is 19.0. The molecular weight excluding hydrogens is 439 g/mol. The van der Waals surface area contributed by atoms with E-state index in [0.717, 1.165) is 5.56 Å². The van der Waals surface area contributed by atoms with Crippen LogP contribution in [0.1, 0.15) is 56.3 Å². The Morgan fingerprint density at radius 1 is 1.18 bits per heavy atom. The smallest absolute Gasteiger partial charge is 0.338 e. The molecule has 0 amide bonds. The fraction of sp³-hybridized carbons (Fsp3) is 0.269. The van der Waals surface area contributed by atoms with Crippen molar-refractivity contribution >= 4 is 23.4 Å². The SMILES string of the molecule is CCOC(=O)C1=C(C)N=c2s/c(=C/c3ccc(C(C)C)cc3)c(=O)n2[C@@H]1c1ccc(F)cc1. The number of ether oxygens (including phenoxy) is 1. The fourth-order valence-electron chi connectivity index (χ4n) is 3.88. The van der Waals surface area contributed by atoms with Crippen molar-refractivity contribution in [2.24, 2.45) is 4.99 Å². The second-order valence-electron chi connectivity index (χ2n) is 8.18. The standard InChI is InChI=1S/C26H25FN2O3S/c1-5-32-25(31)22-16(4)28-26-29(23(22)19-10-12-20(27)13-11-19)24(30)21(33-26)14-17-6-8-18(9-7-17)15(2)3/h6-15,23H,5H2,1-4H3/b21-14+/t23-/m1/s1. The summed E-state index contributed by atoms with van der Waals surface area (Å²) in [4.78, 5) is 31.4. The van der Waals surface area contributed by atoms with Gasteiger partial charge in [-0.2, -0.15) is 0 Å². The van der Waals surface area contributed by atoms with Crippen LogP contribution < -0.4 is 14.9 Å². The summed E-state index contributed by atoms with van der Waals surface area (Å²) < 4.78 is 20.9. The van der Waals surface area contributed by atoms with Crippen molar-refractivity contribution in [1.82, 2.24) is 4.57 Å². The van der Waals surface area contributed by atoms with Crippen molar-refractivity contribution in [3.8, 4) is 0 Å². The highest BCUT2D eigenvalue weighted by atomic mass is 32.1. The molecule has 1 aliphatic heterocycles. The highest BCUT2D eigenvalue weighted by molar-refractivity contribution is 7.07. The minimum Gasteiger partial charge on any atom is -0.463 e. The first-order chi connectivity index (χ1) is 15.8. The zero-order valence-corrected chi connectivity index (χ0v) is 19.8. The molecular formula is C26H25FN2O3S. The van der Waals surface area contributed by atoms with Crippen LogP contribution in [0.5, 0.6) is 0 Å². The number of fused-ring (bicyclic) bond motifs is 1. The summed E-state index contributed by atoms with van der Waals surface area (Å²) >= 11 is 1.27. The first-order valence-electron chi connectivity index (χ1n) is 10.8. The lowest BCUT2D eigenvalue weighted by Gasteiger charge is -2.24. The van der Waals surface area contributed by atoms with Crippen molar-refractivity contribution < 1.29 is 13.9 Å². The van der Waals surface area contributed by atoms with Crippen LogP contribution in [0.25, 0.3) is 6.08 Å². The van der Waals surface area contributed by atoms with Gasteiger partial charge in [-0.3, -0.25) is 9.36 Å². The molecule has 0 unspecified atom stereocenters. The van der Waals surface area contributed by atoms with E-state index in [0.29, 0.717) is 26.5 Å². The van der Waals surface area contributed by atoms with Crippen molar-refractivity contribution in [2.75, 3.05) is 6.61 Å². The number of carbonyl (C=O) groups is 1. The predicted octanol–water partition coefficient (Wildman–Crippen LogP) is 4.06. The van der Waals surface area contributed by atoms with Gasteiger partial charge in [-0.1, -0.05) is 61.6 Å². The third-order valence-corrected chi connectivity index (χ3v) is 6.59. The summed E-state index contributed by atoms with van der Waals surface area (Å²) in [6.07, 6.45) is 1.83. The van der Waals surface area contributed by atoms with E-state index >= 15 is 0 Å². The zero-order chi connectivity index (χ0) is 23.7. The highest BCUT2D eigenvalue weighted by Gasteiger charge is 2.33. The third-order valence-electron chi connectivity index (χ3n) is 5.60. The molecule has 0 saturated carbocycles. The lowest BCUT2D eigenvalue weighted by Crippen LogP contribution is -2.39. The Bertz CT molecular complexity index is 1400. The summed E-state index contributed by atoms with van der Waals surface area (Å²) in [7, 11) is 0. The molecule has 170 valence electrons. The second-order valence-corrected chi connectivity index (χ2v) is 9.18. The van der Waals surface area contributed by atoms with Gasteiger partial charge in [-0.15, -0.1) is 0 Å². The molecule has 7 heteroatoms. The van der Waals surface area contributed by atoms with Gasteiger partial charge in [0.15, 0.2) is 4.80 Å². The molecule has 0 N–H and O–H groups in total. The Hall–Kier alpha value is -3.32. The van der Waals surface area contributed by atoms with Crippen molar-refractivity contribution in [2.45, 2.75) is 39.7 Å². The van der Waals surface area contributed by atoms with Crippen molar-refractivity contribution in [1.29, 1.82) is 0 Å². The van der Waals surface area contributed by atoms with Gasteiger partial charge < -0.3 is 4.74 Å². The number of esters is 1. The molecule has 2 aromatic carbocycles. The Morgan fingerprint density at radius 3 is 2.45 bits per heavy atom. The van der Waals surface area contributed by atoms with Gasteiger partial charge in [0, 0.05) is 0 Å². The van der Waals surface area contributed by atoms with E-state index in [9.17, 15) is 14.0 Å². The van der Waals surface area contributed by atoms with Gasteiger partial charge in [0.2, 0.25) is 0 Å². The number of hydrogen-bond acceptors (Lipinski definition) is 5. The number of halogens is 1. The largest absolute Gasteiger partial charge is 0.463 e. The maximum Gasteiger partial charge on any atom is 0.338 e. The first kappa shape index (κ1) is 22.9. The lowest BCUT2D eigenvalue weighted by atomic mass is 9.96. The third kappa shape index (κ3) is 4.46. The average molecular weight is 465 g/mol. The summed E-state index contributed by atoms with van der Waals surface area (Å²) in [5.74, 6) is -0.509. The molecule has 1 atom stereocenters. The van der Waals surface area contributed by atoms with E-state index < -0.39 is 17.8 Å². The Labute approximate surface area is 195 Å². The molecule has 5 nitrogen and oxygen atoms in total. The first-order valence-corrected chi connectivity index (χ1v) is 11.7. The van der Waals surface area contributed by atoms with E-state index in [1.807, 2.05) is 18.2 Å². The van der Waals surface area contributed by atoms with Gasteiger partial charge in [0.05, 0.1) is 28.5 Å². The Kier molecular flexibility index (Phi) is 6.42. The summed E-state index contributed by atoms with van der Waals surface area (Å²) in [6, 6.07) is 13.1. The maximum absolute atomic E-state index is 13.6. The molecule has 1 aliphatic rings. The van der Waals surface area contributed by atoms with Crippen LogP contribution >= 0.6 is 11.3 Å². The number of benzene rings is 2. The van der Waals surface area contributed by atoms with Gasteiger partial charge in [-0.05, 0) is 54.7 Å². The lowest BCUT2D eigenvalue weighted by molar-refractivity contribution is -0.139. The molecule has 33 heavy (non-hydrogen) atoms. The van der Waals surface area contributed by atoms with Crippen LogP contribution in [0.15, 0.2) is 69.6 Å². The van der Waals surface area contributed by atoms with Gasteiger partial charge in [0.1, 0.15) is 5.82 Å². The molecule has 0 spiro atoms. The summed E-state index contributed by atoms with van der Waals surface area (Å²) in [5, 5.41) is 0. The second kappa shape index (κ2) is 9.27. The molecule has 3 aromatic rings. The number of allylic oxidation sites excluding steroid dienone is 1. The number of aromatic nitrogens is 1. The van der Waals surface area contributed by atoms with Crippen LogP contribution in [-0.2, 0) is 9.53 Å². The minimum absolute atomic E-state index is 0.197. The number of hydrogen-bond donors (Lipinski definition) is 0. The van der Waals surface area contributed by atoms with Crippen LogP contribution in [-0.4, -0.2) is 17.1 Å². The van der Waals surface area contributed by atoms with E-state index in [2.05, 4.69) is 31.0 Å². The van der Waals surface area contributed by atoms with Gasteiger partial charge in [0.25, 0.3) is 5.56 Å². The topological polar surface area (TPSA) is 60.7 Å². The van der Waals surface area contributed by atoms with Crippen molar-refractivity contribution in [3.63, 3.8) is 0 Å². The monoisotopic (exact) mass is 464 g/mol. The molecule has 2 heterocycles. The highest BCUT2D eigenvalue weighted by Crippen LogP contribution is 2.30. The molecule has 0 fully saturated rings. The van der Waals surface area contributed by atoms with E-state index in [4.69, 9.17) is 4.74 Å². The van der Waals surface area contributed by atoms with Gasteiger partial charge >= 0.3 is 5.97 Å². The Morgan fingerprint density at radius 2 is 1.85 bits per heavy atom. The minimum atomic E-state index is -0.744. The Balaban J connectivity index is 1.90. The summed E-state index contributed by atoms with van der Waals surface area (Å²) in [5.41, 5.74) is 3.25. The normalized spacial score (nSPS) is 16.1. The number of carbonyl (C=O) groups excluding carboxylic acids is 1. The number of thiazole rings is 1. The average Bonchev–Trinajstić information content (AvgIpc) is 3.08. The molecule has 0 saturated heterocycles. The molecule has 4 rings (SSSR count). The van der Waals surface area contributed by atoms with Crippen LogP contribution in [0.3, 0.4) is 0 Å². The van der Waals surface area contributed by atoms with E-state index in [1.54, 1.807) is 26.0 Å².